The Morgan fingerprint density at radius 1 is 1.28 bits per heavy atom. The lowest BCUT2D eigenvalue weighted by Gasteiger charge is -2.05. The van der Waals surface area contributed by atoms with Crippen LogP contribution in [0.1, 0.15) is 22.8 Å². The summed E-state index contributed by atoms with van der Waals surface area (Å²) in [6, 6.07) is 7.01. The largest absolute Gasteiger partial charge is 0.456 e. The van der Waals surface area contributed by atoms with Crippen LogP contribution < -0.4 is 5.32 Å². The molecule has 0 aliphatic rings. The number of esters is 1. The van der Waals surface area contributed by atoms with Gasteiger partial charge in [0.05, 0.1) is 0 Å². The molecule has 96 valence electrons. The smallest absolute Gasteiger partial charge is 0.325 e. The van der Waals surface area contributed by atoms with Gasteiger partial charge in [-0.3, -0.25) is 14.4 Å². The number of hydrogen-bond acceptors (Lipinski definition) is 4. The summed E-state index contributed by atoms with van der Waals surface area (Å²) in [5.41, 5.74) is 1.44. The number of carbonyl (C=O) groups is 3. The van der Waals surface area contributed by atoms with Gasteiger partial charge in [0.15, 0.2) is 5.78 Å². The first-order valence-electron chi connectivity index (χ1n) is 5.49. The standard InChI is InChI=1S/C13H15NO4/c1-9-4-3-5-11(6-9)13(17)14-7-12(16)18-8-10(2)15/h3-6H,7-8H2,1-2H3,(H,14,17). The van der Waals surface area contributed by atoms with E-state index in [1.54, 1.807) is 18.2 Å². The van der Waals surface area contributed by atoms with Gasteiger partial charge in [-0.15, -0.1) is 0 Å². The molecule has 1 amide bonds. The van der Waals surface area contributed by atoms with Gasteiger partial charge in [0.25, 0.3) is 5.91 Å². The molecule has 0 spiro atoms. The van der Waals surface area contributed by atoms with Crippen LogP contribution in [0.2, 0.25) is 0 Å². The van der Waals surface area contributed by atoms with Gasteiger partial charge in [-0.2, -0.15) is 0 Å². The van der Waals surface area contributed by atoms with Crippen molar-refractivity contribution in [1.82, 2.24) is 5.32 Å². The maximum absolute atomic E-state index is 11.7. The van der Waals surface area contributed by atoms with Crippen molar-refractivity contribution in [1.29, 1.82) is 0 Å². The van der Waals surface area contributed by atoms with E-state index in [4.69, 9.17) is 0 Å². The van der Waals surface area contributed by atoms with E-state index in [1.807, 2.05) is 13.0 Å². The molecule has 0 aliphatic carbocycles. The minimum Gasteiger partial charge on any atom is -0.456 e. The number of amides is 1. The molecule has 0 saturated carbocycles. The van der Waals surface area contributed by atoms with Crippen LogP contribution in [0.4, 0.5) is 0 Å². The highest BCUT2D eigenvalue weighted by Crippen LogP contribution is 2.03. The third-order valence-electron chi connectivity index (χ3n) is 2.11. The van der Waals surface area contributed by atoms with Crippen LogP contribution in [0.3, 0.4) is 0 Å². The molecule has 0 bridgehead atoms. The molecule has 0 fully saturated rings. The molecular formula is C13H15NO4. The Labute approximate surface area is 105 Å². The van der Waals surface area contributed by atoms with Crippen LogP contribution in [0, 0.1) is 6.92 Å². The molecule has 0 aromatic heterocycles. The van der Waals surface area contributed by atoms with Crippen molar-refractivity contribution in [2.45, 2.75) is 13.8 Å². The number of Topliss-reactive ketones (excluding diaryl/α,β-unsaturated/α-hetero) is 1. The first-order chi connectivity index (χ1) is 8.49. The van der Waals surface area contributed by atoms with E-state index >= 15 is 0 Å². The second-order valence-electron chi connectivity index (χ2n) is 3.91. The monoisotopic (exact) mass is 249 g/mol. The highest BCUT2D eigenvalue weighted by Gasteiger charge is 2.09. The quantitative estimate of drug-likeness (QED) is 0.785. The third kappa shape index (κ3) is 4.78. The summed E-state index contributed by atoms with van der Waals surface area (Å²) >= 11 is 0. The van der Waals surface area contributed by atoms with Crippen molar-refractivity contribution in [3.8, 4) is 0 Å². The van der Waals surface area contributed by atoms with Gasteiger partial charge in [0, 0.05) is 5.56 Å². The van der Waals surface area contributed by atoms with Gasteiger partial charge in [-0.05, 0) is 26.0 Å². The van der Waals surface area contributed by atoms with E-state index in [-0.39, 0.29) is 24.8 Å². The Morgan fingerprint density at radius 3 is 2.61 bits per heavy atom. The van der Waals surface area contributed by atoms with Crippen molar-refractivity contribution in [2.75, 3.05) is 13.2 Å². The summed E-state index contributed by atoms with van der Waals surface area (Å²) in [5, 5.41) is 2.42. The zero-order valence-electron chi connectivity index (χ0n) is 10.4. The second-order valence-corrected chi connectivity index (χ2v) is 3.91. The zero-order chi connectivity index (χ0) is 13.5. The van der Waals surface area contributed by atoms with Crippen LogP contribution in [0.15, 0.2) is 24.3 Å². The molecule has 1 N–H and O–H groups in total. The third-order valence-corrected chi connectivity index (χ3v) is 2.11. The average Bonchev–Trinajstić information content (AvgIpc) is 2.33. The summed E-state index contributed by atoms with van der Waals surface area (Å²) in [6.07, 6.45) is 0. The number of aryl methyl sites for hydroxylation is 1. The van der Waals surface area contributed by atoms with E-state index in [1.165, 1.54) is 6.92 Å². The van der Waals surface area contributed by atoms with Crippen molar-refractivity contribution in [2.24, 2.45) is 0 Å². The second kappa shape index (κ2) is 6.54. The first-order valence-corrected chi connectivity index (χ1v) is 5.49. The first kappa shape index (κ1) is 13.9. The Hall–Kier alpha value is -2.17. The summed E-state index contributed by atoms with van der Waals surface area (Å²) < 4.78 is 4.61. The van der Waals surface area contributed by atoms with Crippen LogP contribution in [0.5, 0.6) is 0 Å². The van der Waals surface area contributed by atoms with Crippen LogP contribution in [0.25, 0.3) is 0 Å². The maximum Gasteiger partial charge on any atom is 0.325 e. The average molecular weight is 249 g/mol. The molecule has 1 rings (SSSR count). The van der Waals surface area contributed by atoms with E-state index in [0.29, 0.717) is 5.56 Å². The summed E-state index contributed by atoms with van der Waals surface area (Å²) in [6.45, 7) is 2.68. The molecule has 0 heterocycles. The van der Waals surface area contributed by atoms with Gasteiger partial charge in [0.2, 0.25) is 0 Å². The molecule has 1 aromatic carbocycles. The predicted molar refractivity (Wildman–Crippen MR) is 65.2 cm³/mol. The maximum atomic E-state index is 11.7. The predicted octanol–water partition coefficient (Wildman–Crippen LogP) is 0.857. The fourth-order valence-corrected chi connectivity index (χ4v) is 1.27. The van der Waals surface area contributed by atoms with E-state index in [2.05, 4.69) is 10.1 Å². The zero-order valence-corrected chi connectivity index (χ0v) is 10.4. The number of rotatable bonds is 5. The summed E-state index contributed by atoms with van der Waals surface area (Å²) in [7, 11) is 0. The van der Waals surface area contributed by atoms with E-state index in [9.17, 15) is 14.4 Å². The number of hydrogen-bond donors (Lipinski definition) is 1. The molecule has 0 unspecified atom stereocenters. The SMILES string of the molecule is CC(=O)COC(=O)CNC(=O)c1cccc(C)c1. The van der Waals surface area contributed by atoms with Gasteiger partial charge in [-0.25, -0.2) is 0 Å². The Bertz CT molecular complexity index is 468. The van der Waals surface area contributed by atoms with Crippen molar-refractivity contribution in [3.05, 3.63) is 35.4 Å². The molecule has 5 nitrogen and oxygen atoms in total. The molecule has 0 aliphatic heterocycles. The minimum atomic E-state index is -0.633. The van der Waals surface area contributed by atoms with Crippen LogP contribution >= 0.6 is 0 Å². The topological polar surface area (TPSA) is 72.5 Å². The molecular weight excluding hydrogens is 234 g/mol. The minimum absolute atomic E-state index is 0.242. The Morgan fingerprint density at radius 2 is 2.00 bits per heavy atom. The molecule has 5 heteroatoms. The van der Waals surface area contributed by atoms with E-state index < -0.39 is 5.97 Å². The van der Waals surface area contributed by atoms with E-state index in [0.717, 1.165) is 5.56 Å². The van der Waals surface area contributed by atoms with Crippen molar-refractivity contribution in [3.63, 3.8) is 0 Å². The number of nitrogens with one attached hydrogen (secondary N) is 1. The Kier molecular flexibility index (Phi) is 5.05. The summed E-state index contributed by atoms with van der Waals surface area (Å²) in [4.78, 5) is 33.4. The molecule has 1 aromatic rings. The van der Waals surface area contributed by atoms with Crippen LogP contribution in [-0.4, -0.2) is 30.8 Å². The molecule has 0 saturated heterocycles. The highest BCUT2D eigenvalue weighted by atomic mass is 16.5. The van der Waals surface area contributed by atoms with Crippen LogP contribution in [-0.2, 0) is 14.3 Å². The number of carbonyl (C=O) groups excluding carboxylic acids is 3. The van der Waals surface area contributed by atoms with Gasteiger partial charge in [-0.1, -0.05) is 17.7 Å². The Balaban J connectivity index is 2.42. The number of benzene rings is 1. The molecule has 18 heavy (non-hydrogen) atoms. The summed E-state index contributed by atoms with van der Waals surface area (Å²) in [5.74, 6) is -1.22. The lowest BCUT2D eigenvalue weighted by atomic mass is 10.1. The molecule has 0 atom stereocenters. The normalized spacial score (nSPS) is 9.67. The lowest BCUT2D eigenvalue weighted by Crippen LogP contribution is -2.31. The number of ether oxygens (including phenoxy) is 1. The fraction of sp³-hybridized carbons (Fsp3) is 0.308. The fourth-order valence-electron chi connectivity index (χ4n) is 1.27. The number of ketones is 1. The van der Waals surface area contributed by atoms with Crippen molar-refractivity contribution >= 4 is 17.7 Å². The van der Waals surface area contributed by atoms with Gasteiger partial charge < -0.3 is 10.1 Å². The highest BCUT2D eigenvalue weighted by molar-refractivity contribution is 5.96. The molecule has 0 radical (unpaired) electrons. The van der Waals surface area contributed by atoms with Gasteiger partial charge >= 0.3 is 5.97 Å². The van der Waals surface area contributed by atoms with Crippen molar-refractivity contribution < 1.29 is 19.1 Å². The van der Waals surface area contributed by atoms with Gasteiger partial charge in [0.1, 0.15) is 13.2 Å². The lowest BCUT2D eigenvalue weighted by molar-refractivity contribution is -0.146.